The topological polar surface area (TPSA) is 106 Å². The predicted octanol–water partition coefficient (Wildman–Crippen LogP) is 3.65. The summed E-state index contributed by atoms with van der Waals surface area (Å²) in [6.45, 7) is 0. The molecule has 0 radical (unpaired) electrons. The monoisotopic (exact) mass is 457 g/mol. The minimum Gasteiger partial charge on any atom is -0.280 e. The number of anilines is 1. The SMILES string of the molecule is CS(=O)(=O)c1ccc(-c2ccc(NS(=O)(=O)c3ccc(Cl)c(Cl)c3)cc2)nn1. The summed E-state index contributed by atoms with van der Waals surface area (Å²) < 4.78 is 50.2. The first-order chi connectivity index (χ1) is 13.1. The zero-order valence-electron chi connectivity index (χ0n) is 14.3. The molecular weight excluding hydrogens is 445 g/mol. The molecule has 0 unspecified atom stereocenters. The maximum atomic E-state index is 12.5. The Kier molecular flexibility index (Phi) is 5.62. The molecule has 0 aliphatic rings. The van der Waals surface area contributed by atoms with E-state index < -0.39 is 19.9 Å². The van der Waals surface area contributed by atoms with Crippen molar-refractivity contribution < 1.29 is 16.8 Å². The number of sulfone groups is 1. The summed E-state index contributed by atoms with van der Waals surface area (Å²) in [6, 6.07) is 13.3. The Hall–Kier alpha value is -2.20. The highest BCUT2D eigenvalue weighted by Gasteiger charge is 2.16. The fourth-order valence-corrected chi connectivity index (χ4v) is 4.19. The largest absolute Gasteiger partial charge is 0.280 e. The van der Waals surface area contributed by atoms with Gasteiger partial charge in [-0.25, -0.2) is 16.8 Å². The Labute approximate surface area is 172 Å². The number of sulfonamides is 1. The van der Waals surface area contributed by atoms with E-state index in [9.17, 15) is 16.8 Å². The molecule has 3 rings (SSSR count). The lowest BCUT2D eigenvalue weighted by Gasteiger charge is -2.09. The number of hydrogen-bond donors (Lipinski definition) is 1. The second-order valence-corrected chi connectivity index (χ2v) is 10.2. The summed E-state index contributed by atoms with van der Waals surface area (Å²) in [6.07, 6.45) is 1.05. The third-order valence-electron chi connectivity index (χ3n) is 3.65. The van der Waals surface area contributed by atoms with Crippen LogP contribution in [0.1, 0.15) is 0 Å². The van der Waals surface area contributed by atoms with E-state index in [4.69, 9.17) is 23.2 Å². The number of rotatable bonds is 5. The van der Waals surface area contributed by atoms with Crippen LogP contribution >= 0.6 is 23.2 Å². The van der Waals surface area contributed by atoms with Gasteiger partial charge >= 0.3 is 0 Å². The maximum Gasteiger partial charge on any atom is 0.261 e. The first kappa shape index (κ1) is 20.5. The molecule has 1 N–H and O–H groups in total. The minimum atomic E-state index is -3.84. The number of nitrogens with one attached hydrogen (secondary N) is 1. The van der Waals surface area contributed by atoms with Crippen LogP contribution in [0.2, 0.25) is 10.0 Å². The van der Waals surface area contributed by atoms with Crippen molar-refractivity contribution in [3.05, 3.63) is 64.6 Å². The predicted molar refractivity (Wildman–Crippen MR) is 108 cm³/mol. The van der Waals surface area contributed by atoms with Crippen molar-refractivity contribution in [3.63, 3.8) is 0 Å². The molecule has 11 heteroatoms. The molecule has 0 aliphatic heterocycles. The first-order valence-corrected chi connectivity index (χ1v) is 11.8. The Morgan fingerprint density at radius 1 is 0.821 bits per heavy atom. The van der Waals surface area contributed by atoms with Gasteiger partial charge in [0, 0.05) is 17.5 Å². The highest BCUT2D eigenvalue weighted by Crippen LogP contribution is 2.26. The van der Waals surface area contributed by atoms with Gasteiger partial charge in [0.05, 0.1) is 20.6 Å². The summed E-state index contributed by atoms with van der Waals surface area (Å²) in [5.74, 6) is 0. The highest BCUT2D eigenvalue weighted by molar-refractivity contribution is 7.92. The molecule has 0 aliphatic carbocycles. The van der Waals surface area contributed by atoms with Crippen LogP contribution in [0.15, 0.2) is 64.5 Å². The Balaban J connectivity index is 1.81. The van der Waals surface area contributed by atoms with Gasteiger partial charge < -0.3 is 0 Å². The highest BCUT2D eigenvalue weighted by atomic mass is 35.5. The summed E-state index contributed by atoms with van der Waals surface area (Å²) in [7, 11) is -7.27. The van der Waals surface area contributed by atoms with Crippen molar-refractivity contribution in [2.75, 3.05) is 11.0 Å². The molecule has 0 saturated carbocycles. The van der Waals surface area contributed by atoms with Crippen LogP contribution in [0.25, 0.3) is 11.3 Å². The summed E-state index contributed by atoms with van der Waals surface area (Å²) in [5, 5.41) is 7.85. The van der Waals surface area contributed by atoms with E-state index in [-0.39, 0.29) is 20.0 Å². The first-order valence-electron chi connectivity index (χ1n) is 7.68. The van der Waals surface area contributed by atoms with E-state index in [1.807, 2.05) is 0 Å². The van der Waals surface area contributed by atoms with E-state index in [1.54, 1.807) is 24.3 Å². The van der Waals surface area contributed by atoms with E-state index in [1.165, 1.54) is 30.3 Å². The van der Waals surface area contributed by atoms with Crippen molar-refractivity contribution >= 4 is 48.7 Å². The van der Waals surface area contributed by atoms with Crippen LogP contribution in [-0.4, -0.2) is 33.3 Å². The van der Waals surface area contributed by atoms with E-state index in [2.05, 4.69) is 14.9 Å². The van der Waals surface area contributed by atoms with Gasteiger partial charge in [0.2, 0.25) is 0 Å². The van der Waals surface area contributed by atoms with Crippen LogP contribution < -0.4 is 4.72 Å². The van der Waals surface area contributed by atoms with Crippen molar-refractivity contribution in [1.82, 2.24) is 10.2 Å². The van der Waals surface area contributed by atoms with Gasteiger partial charge in [0.25, 0.3) is 10.0 Å². The molecule has 0 spiro atoms. The molecule has 1 aromatic heterocycles. The molecule has 146 valence electrons. The zero-order valence-corrected chi connectivity index (χ0v) is 17.4. The van der Waals surface area contributed by atoms with Gasteiger partial charge in [-0.1, -0.05) is 35.3 Å². The average Bonchev–Trinajstić information content (AvgIpc) is 2.63. The summed E-state index contributed by atoms with van der Waals surface area (Å²) >= 11 is 11.7. The summed E-state index contributed by atoms with van der Waals surface area (Å²) in [4.78, 5) is -0.0202. The summed E-state index contributed by atoms with van der Waals surface area (Å²) in [5.41, 5.74) is 1.42. The third kappa shape index (κ3) is 4.61. The van der Waals surface area contributed by atoms with Crippen LogP contribution in [0, 0.1) is 0 Å². The van der Waals surface area contributed by atoms with E-state index >= 15 is 0 Å². The Morgan fingerprint density at radius 2 is 1.50 bits per heavy atom. The van der Waals surface area contributed by atoms with Crippen molar-refractivity contribution in [1.29, 1.82) is 0 Å². The number of aromatic nitrogens is 2. The molecule has 28 heavy (non-hydrogen) atoms. The van der Waals surface area contributed by atoms with Gasteiger partial charge in [0.1, 0.15) is 0 Å². The second kappa shape index (κ2) is 7.67. The molecule has 3 aromatic rings. The van der Waals surface area contributed by atoms with E-state index in [0.717, 1.165) is 6.26 Å². The number of nitrogens with zero attached hydrogens (tertiary/aromatic N) is 2. The van der Waals surface area contributed by atoms with Crippen LogP contribution in [0.5, 0.6) is 0 Å². The lowest BCUT2D eigenvalue weighted by Crippen LogP contribution is -2.12. The van der Waals surface area contributed by atoms with Crippen LogP contribution in [0.4, 0.5) is 5.69 Å². The fourth-order valence-electron chi connectivity index (χ4n) is 2.24. The molecule has 7 nitrogen and oxygen atoms in total. The Bertz CT molecular complexity index is 1230. The smallest absolute Gasteiger partial charge is 0.261 e. The standard InChI is InChI=1S/C17H13Cl2N3O4S2/c1-27(23,24)17-9-8-16(20-21-17)11-2-4-12(5-3-11)22-28(25,26)13-6-7-14(18)15(19)10-13/h2-10,22H,1H3. The molecule has 2 aromatic carbocycles. The maximum absolute atomic E-state index is 12.5. The van der Waals surface area contributed by atoms with Crippen molar-refractivity contribution in [2.45, 2.75) is 9.92 Å². The van der Waals surface area contributed by atoms with Gasteiger partial charge in [-0.3, -0.25) is 4.72 Å². The third-order valence-corrected chi connectivity index (χ3v) is 6.75. The van der Waals surface area contributed by atoms with E-state index in [0.29, 0.717) is 16.9 Å². The molecule has 1 heterocycles. The molecule has 0 atom stereocenters. The van der Waals surface area contributed by atoms with Crippen molar-refractivity contribution in [2.24, 2.45) is 0 Å². The van der Waals surface area contributed by atoms with Crippen LogP contribution in [-0.2, 0) is 19.9 Å². The van der Waals surface area contributed by atoms with Gasteiger partial charge in [-0.2, -0.15) is 0 Å². The number of benzene rings is 2. The lowest BCUT2D eigenvalue weighted by molar-refractivity contribution is 0.595. The van der Waals surface area contributed by atoms with Crippen molar-refractivity contribution in [3.8, 4) is 11.3 Å². The molecule has 0 saturated heterocycles. The van der Waals surface area contributed by atoms with Gasteiger partial charge in [-0.15, -0.1) is 10.2 Å². The van der Waals surface area contributed by atoms with Gasteiger partial charge in [0.15, 0.2) is 14.9 Å². The molecule has 0 bridgehead atoms. The quantitative estimate of drug-likeness (QED) is 0.626. The lowest BCUT2D eigenvalue weighted by atomic mass is 10.1. The molecular formula is C17H13Cl2N3O4S2. The second-order valence-electron chi connectivity index (χ2n) is 5.79. The molecule has 0 amide bonds. The minimum absolute atomic E-state index is 0.0202. The number of hydrogen-bond acceptors (Lipinski definition) is 6. The average molecular weight is 458 g/mol. The zero-order chi connectivity index (χ0) is 20.5. The fraction of sp³-hybridized carbons (Fsp3) is 0.0588. The Morgan fingerprint density at radius 3 is 2.04 bits per heavy atom. The van der Waals surface area contributed by atoms with Crippen LogP contribution in [0.3, 0.4) is 0 Å². The van der Waals surface area contributed by atoms with Gasteiger partial charge in [-0.05, 0) is 42.5 Å². The number of halogens is 2. The normalized spacial score (nSPS) is 12.0. The molecule has 0 fully saturated rings.